The Balaban J connectivity index is 2.38. The Kier molecular flexibility index (Phi) is 6.01. The van der Waals surface area contributed by atoms with Crippen LogP contribution >= 0.6 is 0 Å². The van der Waals surface area contributed by atoms with Gasteiger partial charge in [-0.2, -0.15) is 5.26 Å². The quantitative estimate of drug-likeness (QED) is 0.760. The van der Waals surface area contributed by atoms with Gasteiger partial charge in [0.15, 0.2) is 0 Å². The third kappa shape index (κ3) is 4.23. The number of hydrogen-bond donors (Lipinski definition) is 1. The number of unbranched alkanes of at least 4 members (excludes halogenated alkanes) is 2. The number of rotatable bonds is 7. The first kappa shape index (κ1) is 17.7. The van der Waals surface area contributed by atoms with E-state index in [0.29, 0.717) is 12.2 Å². The van der Waals surface area contributed by atoms with Crippen LogP contribution in [0.5, 0.6) is 0 Å². The summed E-state index contributed by atoms with van der Waals surface area (Å²) >= 11 is 0. The van der Waals surface area contributed by atoms with Gasteiger partial charge in [-0.05, 0) is 32.3 Å². The van der Waals surface area contributed by atoms with E-state index in [4.69, 9.17) is 9.72 Å². The number of hydrogen-bond acceptors (Lipinski definition) is 4. The molecule has 1 aliphatic heterocycles. The van der Waals surface area contributed by atoms with Gasteiger partial charge in [-0.1, -0.05) is 33.1 Å². The van der Waals surface area contributed by atoms with E-state index in [0.717, 1.165) is 54.9 Å². The third-order valence-electron chi connectivity index (χ3n) is 4.38. The van der Waals surface area contributed by atoms with Crippen molar-refractivity contribution in [2.75, 3.05) is 11.9 Å². The largest absolute Gasteiger partial charge is 0.370 e. The minimum absolute atomic E-state index is 0.219. The zero-order chi connectivity index (χ0) is 16.9. The van der Waals surface area contributed by atoms with Gasteiger partial charge in [0.1, 0.15) is 11.9 Å². The maximum atomic E-state index is 9.70. The van der Waals surface area contributed by atoms with Gasteiger partial charge in [0.05, 0.1) is 17.8 Å². The molecule has 4 nitrogen and oxygen atoms in total. The molecule has 0 fully saturated rings. The third-order valence-corrected chi connectivity index (χ3v) is 4.38. The molecule has 1 N–H and O–H groups in total. The van der Waals surface area contributed by atoms with E-state index in [2.05, 4.69) is 39.1 Å². The van der Waals surface area contributed by atoms with Crippen LogP contribution in [0, 0.1) is 11.3 Å². The normalized spacial score (nSPS) is 15.8. The zero-order valence-corrected chi connectivity index (χ0v) is 15.0. The second-order valence-corrected chi connectivity index (χ2v) is 6.96. The minimum atomic E-state index is -0.219. The predicted molar refractivity (Wildman–Crippen MR) is 93.5 cm³/mol. The van der Waals surface area contributed by atoms with E-state index in [1.165, 1.54) is 12.8 Å². The average molecular weight is 315 g/mol. The smallest absolute Gasteiger partial charge is 0.144 e. The molecule has 0 amide bonds. The maximum Gasteiger partial charge on any atom is 0.144 e. The molecule has 1 aromatic rings. The van der Waals surface area contributed by atoms with E-state index in [9.17, 15) is 5.26 Å². The van der Waals surface area contributed by atoms with Gasteiger partial charge in [-0.15, -0.1) is 0 Å². The van der Waals surface area contributed by atoms with Crippen LogP contribution < -0.4 is 5.32 Å². The number of aromatic nitrogens is 1. The first-order valence-electron chi connectivity index (χ1n) is 8.85. The number of nitriles is 1. The predicted octanol–water partition coefficient (Wildman–Crippen LogP) is 4.36. The Bertz CT molecular complexity index is 587. The Labute approximate surface area is 140 Å². The highest BCUT2D eigenvalue weighted by molar-refractivity contribution is 5.60. The molecule has 126 valence electrons. The molecule has 0 radical (unpaired) electrons. The first-order chi connectivity index (χ1) is 11.0. The Morgan fingerprint density at radius 1 is 1.22 bits per heavy atom. The van der Waals surface area contributed by atoms with Gasteiger partial charge < -0.3 is 10.1 Å². The molecule has 0 aliphatic carbocycles. The molecule has 0 atom stereocenters. The molecule has 0 bridgehead atoms. The van der Waals surface area contributed by atoms with E-state index in [1.807, 2.05) is 0 Å². The van der Waals surface area contributed by atoms with Crippen LogP contribution in [0.1, 0.15) is 75.8 Å². The summed E-state index contributed by atoms with van der Waals surface area (Å²) in [4.78, 5) is 4.78. The Morgan fingerprint density at radius 3 is 2.65 bits per heavy atom. The molecular weight excluding hydrogens is 286 g/mol. The van der Waals surface area contributed by atoms with Crippen LogP contribution in [-0.4, -0.2) is 17.1 Å². The number of anilines is 1. The van der Waals surface area contributed by atoms with Gasteiger partial charge in [-0.3, -0.25) is 0 Å². The number of nitrogens with zero attached hydrogens (tertiary/aromatic N) is 2. The van der Waals surface area contributed by atoms with Crippen LogP contribution in [0.2, 0.25) is 0 Å². The van der Waals surface area contributed by atoms with Crippen molar-refractivity contribution in [1.82, 2.24) is 4.98 Å². The van der Waals surface area contributed by atoms with E-state index in [1.54, 1.807) is 0 Å². The highest BCUT2D eigenvalue weighted by Gasteiger charge is 2.31. The first-order valence-corrected chi connectivity index (χ1v) is 8.85. The summed E-state index contributed by atoms with van der Waals surface area (Å²) in [5.74, 6) is 0.767. The van der Waals surface area contributed by atoms with Crippen molar-refractivity contribution in [3.05, 3.63) is 22.4 Å². The number of aryl methyl sites for hydroxylation is 1. The van der Waals surface area contributed by atoms with Crippen molar-refractivity contribution in [3.8, 4) is 6.07 Å². The summed E-state index contributed by atoms with van der Waals surface area (Å²) in [6, 6.07) is 2.39. The molecule has 0 aromatic carbocycles. The second-order valence-electron chi connectivity index (χ2n) is 6.96. The van der Waals surface area contributed by atoms with Crippen LogP contribution in [0.15, 0.2) is 0 Å². The van der Waals surface area contributed by atoms with E-state index >= 15 is 0 Å². The molecule has 0 unspecified atom stereocenters. The van der Waals surface area contributed by atoms with Gasteiger partial charge >= 0.3 is 0 Å². The zero-order valence-electron chi connectivity index (χ0n) is 15.0. The minimum Gasteiger partial charge on any atom is -0.370 e. The maximum absolute atomic E-state index is 9.70. The summed E-state index contributed by atoms with van der Waals surface area (Å²) in [6.07, 6.45) is 6.25. The van der Waals surface area contributed by atoms with Gasteiger partial charge in [0.2, 0.25) is 0 Å². The highest BCUT2D eigenvalue weighted by atomic mass is 16.5. The Morgan fingerprint density at radius 2 is 2.00 bits per heavy atom. The van der Waals surface area contributed by atoms with Crippen molar-refractivity contribution in [1.29, 1.82) is 5.26 Å². The molecule has 0 saturated carbocycles. The molecule has 2 rings (SSSR count). The summed E-state index contributed by atoms with van der Waals surface area (Å²) in [7, 11) is 0. The second kappa shape index (κ2) is 7.79. The summed E-state index contributed by atoms with van der Waals surface area (Å²) in [5.41, 5.74) is 3.87. The standard InChI is InChI=1S/C19H29N3O/c1-5-7-8-10-21-18-15(12-20)14-11-19(3,4)23-13-16(14)17(22-18)9-6-2/h5-11,13H2,1-4H3,(H,21,22). The van der Waals surface area contributed by atoms with E-state index < -0.39 is 0 Å². The van der Waals surface area contributed by atoms with Crippen LogP contribution in [0.25, 0.3) is 0 Å². The Hall–Kier alpha value is -1.60. The molecule has 2 heterocycles. The highest BCUT2D eigenvalue weighted by Crippen LogP contribution is 2.34. The van der Waals surface area contributed by atoms with Crippen LogP contribution in [-0.2, 0) is 24.2 Å². The number of ether oxygens (including phenoxy) is 1. The molecular formula is C19H29N3O. The average Bonchev–Trinajstić information content (AvgIpc) is 2.51. The molecule has 0 saturated heterocycles. The number of fused-ring (bicyclic) bond motifs is 1. The molecule has 4 heteroatoms. The summed E-state index contributed by atoms with van der Waals surface area (Å²) in [5, 5.41) is 13.1. The topological polar surface area (TPSA) is 57.9 Å². The van der Waals surface area contributed by atoms with Crippen molar-refractivity contribution in [3.63, 3.8) is 0 Å². The molecule has 1 aliphatic rings. The van der Waals surface area contributed by atoms with Crippen molar-refractivity contribution in [2.24, 2.45) is 0 Å². The van der Waals surface area contributed by atoms with Crippen molar-refractivity contribution >= 4 is 5.82 Å². The van der Waals surface area contributed by atoms with E-state index in [-0.39, 0.29) is 5.60 Å². The van der Waals surface area contributed by atoms with Crippen LogP contribution in [0.4, 0.5) is 5.82 Å². The lowest BCUT2D eigenvalue weighted by Crippen LogP contribution is -2.33. The number of nitrogens with one attached hydrogen (secondary N) is 1. The fourth-order valence-electron chi connectivity index (χ4n) is 3.11. The SMILES string of the molecule is CCCCCNc1nc(CCC)c2c(c1C#N)CC(C)(C)OC2. The van der Waals surface area contributed by atoms with Crippen LogP contribution in [0.3, 0.4) is 0 Å². The monoisotopic (exact) mass is 315 g/mol. The lowest BCUT2D eigenvalue weighted by atomic mass is 9.87. The van der Waals surface area contributed by atoms with Gasteiger partial charge in [0.25, 0.3) is 0 Å². The summed E-state index contributed by atoms with van der Waals surface area (Å²) < 4.78 is 5.96. The lowest BCUT2D eigenvalue weighted by molar-refractivity contribution is -0.0407. The molecule has 23 heavy (non-hydrogen) atoms. The van der Waals surface area contributed by atoms with Gasteiger partial charge in [0, 0.05) is 24.2 Å². The molecule has 1 aromatic heterocycles. The lowest BCUT2D eigenvalue weighted by Gasteiger charge is -2.33. The van der Waals surface area contributed by atoms with Gasteiger partial charge in [-0.25, -0.2) is 4.98 Å². The van der Waals surface area contributed by atoms with Crippen molar-refractivity contribution in [2.45, 2.75) is 78.4 Å². The summed E-state index contributed by atoms with van der Waals surface area (Å²) in [6.45, 7) is 9.97. The fraction of sp³-hybridized carbons (Fsp3) is 0.684. The van der Waals surface area contributed by atoms with Crippen molar-refractivity contribution < 1.29 is 4.74 Å². The molecule has 0 spiro atoms. The fourth-order valence-corrected chi connectivity index (χ4v) is 3.11. The number of pyridine rings is 1.